The fraction of sp³-hybridized carbons (Fsp3) is 0.538. The molecule has 2 aliphatic carbocycles. The van der Waals surface area contributed by atoms with Gasteiger partial charge in [-0.2, -0.15) is 0 Å². The van der Waals surface area contributed by atoms with Gasteiger partial charge in [0.15, 0.2) is 0 Å². The van der Waals surface area contributed by atoms with E-state index >= 15 is 0 Å². The summed E-state index contributed by atoms with van der Waals surface area (Å²) >= 11 is 0. The Labute approximate surface area is 172 Å². The highest BCUT2D eigenvalue weighted by atomic mass is 31.1. The monoisotopic (exact) mass is 394 g/mol. The first-order valence-corrected chi connectivity index (χ1v) is 12.8. The molecule has 2 saturated carbocycles. The Bertz CT molecular complexity index is 754. The van der Waals surface area contributed by atoms with Crippen molar-refractivity contribution in [1.82, 2.24) is 0 Å². The third-order valence-electron chi connectivity index (χ3n) is 6.82. The Morgan fingerprint density at radius 1 is 0.786 bits per heavy atom. The second-order valence-corrected chi connectivity index (χ2v) is 11.5. The average Bonchev–Trinajstić information content (AvgIpc) is 2.75. The molecule has 0 amide bonds. The standard InChI is InChI=1S/C26H35OP/c1-20-11-9-18-25(27-2)26(20)21-12-10-17-24(19-21)28(22-13-5-3-6-14-22)23-15-7-4-8-16-23/h9-12,17-19,22-23H,3-8,13-16H2,1-2H3. The van der Waals surface area contributed by atoms with Gasteiger partial charge < -0.3 is 4.74 Å². The number of aryl methyl sites for hydroxylation is 1. The number of rotatable bonds is 5. The molecule has 2 aliphatic rings. The number of hydrogen-bond acceptors (Lipinski definition) is 1. The summed E-state index contributed by atoms with van der Waals surface area (Å²) in [6, 6.07) is 16.0. The molecule has 0 heterocycles. The van der Waals surface area contributed by atoms with Crippen LogP contribution in [0.15, 0.2) is 42.5 Å². The largest absolute Gasteiger partial charge is 0.496 e. The molecule has 2 aromatic carbocycles. The van der Waals surface area contributed by atoms with E-state index in [-0.39, 0.29) is 7.92 Å². The van der Waals surface area contributed by atoms with Crippen molar-refractivity contribution in [2.75, 3.05) is 7.11 Å². The fourth-order valence-corrected chi connectivity index (χ4v) is 9.27. The van der Waals surface area contributed by atoms with Gasteiger partial charge >= 0.3 is 0 Å². The minimum Gasteiger partial charge on any atom is -0.496 e. The highest BCUT2D eigenvalue weighted by Gasteiger charge is 2.32. The van der Waals surface area contributed by atoms with E-state index < -0.39 is 0 Å². The number of methoxy groups -OCH3 is 1. The van der Waals surface area contributed by atoms with E-state index in [2.05, 4.69) is 49.4 Å². The van der Waals surface area contributed by atoms with Crippen LogP contribution in [-0.4, -0.2) is 18.4 Å². The Balaban J connectivity index is 1.72. The van der Waals surface area contributed by atoms with Crippen LogP contribution < -0.4 is 10.0 Å². The van der Waals surface area contributed by atoms with Crippen LogP contribution in [0.3, 0.4) is 0 Å². The van der Waals surface area contributed by atoms with E-state index in [0.29, 0.717) is 0 Å². The van der Waals surface area contributed by atoms with E-state index in [0.717, 1.165) is 17.1 Å². The average molecular weight is 395 g/mol. The molecular formula is C26H35OP. The van der Waals surface area contributed by atoms with E-state index in [1.165, 1.54) is 80.9 Å². The summed E-state index contributed by atoms with van der Waals surface area (Å²) in [5.74, 6) is 0.997. The van der Waals surface area contributed by atoms with Crippen LogP contribution >= 0.6 is 7.92 Å². The minimum absolute atomic E-state index is 0.0630. The van der Waals surface area contributed by atoms with Crippen LogP contribution in [0.25, 0.3) is 11.1 Å². The SMILES string of the molecule is COc1cccc(C)c1-c1cccc(P(C2CCCCC2)C2CCCCC2)c1. The van der Waals surface area contributed by atoms with Gasteiger partial charge in [0.2, 0.25) is 0 Å². The molecule has 4 rings (SSSR count). The van der Waals surface area contributed by atoms with Gasteiger partial charge in [0.05, 0.1) is 7.11 Å². The summed E-state index contributed by atoms with van der Waals surface area (Å²) in [6.45, 7) is 2.20. The van der Waals surface area contributed by atoms with Crippen molar-refractivity contribution in [3.63, 3.8) is 0 Å². The van der Waals surface area contributed by atoms with Gasteiger partial charge in [0.25, 0.3) is 0 Å². The van der Waals surface area contributed by atoms with Gasteiger partial charge in [-0.1, -0.05) is 76.8 Å². The Hall–Kier alpha value is -1.33. The summed E-state index contributed by atoms with van der Waals surface area (Å²) in [4.78, 5) is 0. The molecule has 2 aromatic rings. The molecule has 0 aliphatic heterocycles. The minimum atomic E-state index is -0.0630. The molecule has 0 saturated heterocycles. The molecule has 28 heavy (non-hydrogen) atoms. The molecule has 0 atom stereocenters. The van der Waals surface area contributed by atoms with Crippen molar-refractivity contribution in [1.29, 1.82) is 0 Å². The van der Waals surface area contributed by atoms with Crippen LogP contribution in [0.1, 0.15) is 69.8 Å². The predicted octanol–water partition coefficient (Wildman–Crippen LogP) is 7.44. The van der Waals surface area contributed by atoms with E-state index in [1.807, 2.05) is 0 Å². The van der Waals surface area contributed by atoms with Gasteiger partial charge in [-0.05, 0) is 72.5 Å². The Morgan fingerprint density at radius 3 is 2.00 bits per heavy atom. The normalized spacial score (nSPS) is 19.1. The van der Waals surface area contributed by atoms with Crippen molar-refractivity contribution < 1.29 is 4.74 Å². The van der Waals surface area contributed by atoms with Crippen molar-refractivity contribution in [2.24, 2.45) is 0 Å². The van der Waals surface area contributed by atoms with Crippen LogP contribution in [0.5, 0.6) is 5.75 Å². The second-order valence-electron chi connectivity index (χ2n) is 8.69. The highest BCUT2D eigenvalue weighted by Crippen LogP contribution is 2.55. The first kappa shape index (κ1) is 20.0. The molecule has 150 valence electrons. The smallest absolute Gasteiger partial charge is 0.126 e. The summed E-state index contributed by atoms with van der Waals surface area (Å²) in [5, 5.41) is 1.65. The quantitative estimate of drug-likeness (QED) is 0.479. The van der Waals surface area contributed by atoms with Gasteiger partial charge in [-0.15, -0.1) is 0 Å². The zero-order chi connectivity index (χ0) is 19.3. The third-order valence-corrected chi connectivity index (χ3v) is 10.3. The Morgan fingerprint density at radius 2 is 1.39 bits per heavy atom. The van der Waals surface area contributed by atoms with E-state index in [4.69, 9.17) is 4.74 Å². The van der Waals surface area contributed by atoms with E-state index in [9.17, 15) is 0 Å². The van der Waals surface area contributed by atoms with Crippen molar-refractivity contribution in [3.8, 4) is 16.9 Å². The zero-order valence-corrected chi connectivity index (χ0v) is 18.5. The maximum absolute atomic E-state index is 5.72. The maximum atomic E-state index is 5.72. The summed E-state index contributed by atoms with van der Waals surface area (Å²) in [6.07, 6.45) is 14.5. The lowest BCUT2D eigenvalue weighted by Crippen LogP contribution is -2.26. The van der Waals surface area contributed by atoms with Gasteiger partial charge in [0, 0.05) is 5.56 Å². The first-order chi connectivity index (χ1) is 13.8. The zero-order valence-electron chi connectivity index (χ0n) is 17.6. The maximum Gasteiger partial charge on any atom is 0.126 e. The number of ether oxygens (including phenoxy) is 1. The predicted molar refractivity (Wildman–Crippen MR) is 123 cm³/mol. The van der Waals surface area contributed by atoms with Crippen LogP contribution in [0, 0.1) is 6.92 Å². The second kappa shape index (κ2) is 9.45. The molecule has 1 nitrogen and oxygen atoms in total. The lowest BCUT2D eigenvalue weighted by Gasteiger charge is -2.39. The molecule has 0 radical (unpaired) electrons. The van der Waals surface area contributed by atoms with E-state index in [1.54, 1.807) is 12.4 Å². The molecule has 0 spiro atoms. The highest BCUT2D eigenvalue weighted by molar-refractivity contribution is 7.67. The van der Waals surface area contributed by atoms with Gasteiger partial charge in [-0.25, -0.2) is 0 Å². The fourth-order valence-electron chi connectivity index (χ4n) is 5.44. The molecule has 0 N–H and O–H groups in total. The first-order valence-electron chi connectivity index (χ1n) is 11.3. The summed E-state index contributed by atoms with van der Waals surface area (Å²) < 4.78 is 5.72. The van der Waals surface area contributed by atoms with Crippen molar-refractivity contribution in [2.45, 2.75) is 82.4 Å². The third kappa shape index (κ3) is 4.30. The van der Waals surface area contributed by atoms with Crippen molar-refractivity contribution >= 4 is 13.2 Å². The topological polar surface area (TPSA) is 9.23 Å². The van der Waals surface area contributed by atoms with Crippen LogP contribution in [-0.2, 0) is 0 Å². The van der Waals surface area contributed by atoms with Crippen LogP contribution in [0.4, 0.5) is 0 Å². The molecule has 0 aromatic heterocycles. The molecule has 2 heteroatoms. The van der Waals surface area contributed by atoms with Gasteiger partial charge in [-0.3, -0.25) is 0 Å². The van der Waals surface area contributed by atoms with Gasteiger partial charge in [0.1, 0.15) is 5.75 Å². The summed E-state index contributed by atoms with van der Waals surface area (Å²) in [7, 11) is 1.73. The van der Waals surface area contributed by atoms with Crippen LogP contribution in [0.2, 0.25) is 0 Å². The lowest BCUT2D eigenvalue weighted by molar-refractivity contribution is 0.416. The molecule has 0 unspecified atom stereocenters. The molecular weight excluding hydrogens is 359 g/mol. The summed E-state index contributed by atoms with van der Waals surface area (Å²) in [5.41, 5.74) is 5.80. The molecule has 2 fully saturated rings. The Kier molecular flexibility index (Phi) is 6.73. The van der Waals surface area contributed by atoms with Crippen molar-refractivity contribution in [3.05, 3.63) is 48.0 Å². The lowest BCUT2D eigenvalue weighted by atomic mass is 9.99. The number of benzene rings is 2. The molecule has 0 bridgehead atoms. The number of hydrogen-bond donors (Lipinski definition) is 0.